The van der Waals surface area contributed by atoms with Gasteiger partial charge in [0, 0.05) is 70.7 Å². The van der Waals surface area contributed by atoms with Crippen molar-refractivity contribution >= 4 is 71.7 Å². The number of anilines is 1. The molecule has 4 aliphatic rings. The van der Waals surface area contributed by atoms with Crippen molar-refractivity contribution in [1.29, 1.82) is 0 Å². The lowest BCUT2D eigenvalue weighted by molar-refractivity contribution is -0.219. The highest BCUT2D eigenvalue weighted by Crippen LogP contribution is 2.71. The Morgan fingerprint density at radius 1 is 0.855 bits per heavy atom. The van der Waals surface area contributed by atoms with Crippen LogP contribution in [-0.4, -0.2) is 137 Å². The third kappa shape index (κ3) is 11.9. The monoisotopic (exact) mass is 1210 g/mol. The zero-order valence-corrected chi connectivity index (χ0v) is 48.4. The fraction of sp³-hybridized carbons (Fsp3) is 0.464. The van der Waals surface area contributed by atoms with E-state index < -0.39 is 165 Å². The van der Waals surface area contributed by atoms with E-state index in [1.165, 1.54) is 56.8 Å². The summed E-state index contributed by atoms with van der Waals surface area (Å²) in [5, 5.41) is 17.7. The number of amides is 3. The first-order chi connectivity index (χ1) is 38.9. The second kappa shape index (κ2) is 23.7. The Balaban J connectivity index is 1.03. The molecule has 0 bridgehead atoms. The van der Waals surface area contributed by atoms with Gasteiger partial charge in [0.2, 0.25) is 46.9 Å². The Morgan fingerprint density at radius 2 is 1.46 bits per heavy atom. The van der Waals surface area contributed by atoms with Crippen molar-refractivity contribution in [3.8, 4) is 22.3 Å². The Labute approximate surface area is 480 Å². The number of nitrogens with two attached hydrogens (primary N) is 1. The van der Waals surface area contributed by atoms with Crippen molar-refractivity contribution in [2.75, 3.05) is 30.4 Å². The van der Waals surface area contributed by atoms with Crippen LogP contribution >= 0.6 is 11.8 Å². The van der Waals surface area contributed by atoms with Crippen LogP contribution in [-0.2, 0) is 43.6 Å². The van der Waals surface area contributed by atoms with Crippen molar-refractivity contribution < 1.29 is 73.0 Å². The normalized spacial score (nSPS) is 26.4. The summed E-state index contributed by atoms with van der Waals surface area (Å²) in [6.45, 7) is 6.33. The standard InChI is InChI=1S/C56H62F4N8O12S3/c1-29(2)45(68-46(71)33-18-31(34-24-62-51(63-25-34)82(5,76)77)17-32(19-33)35-26-64-52(65-27-35)83(6,78)79)48(73)66-42(9-7-8-16-61)47(72)67-43-20-30(10-11-40(43)58)49(74)80-55(50(75)81-28-57)15-13-37-38-22-41(59)39-21-36(69)12-14-53(39,3)56(38,60)44(70)23-54(37,55)4/h10-12,14,17-21,24-27,29,37-38,41-42,44-45,70H,7-9,13,15-16,22-23,28,61H2,1-6H3,(H,66,73)(H,67,72)(H,68,71)/t37-,38-,41-,42-,44-,45-,53-,54-,55-,56-/m0/s1. The number of carbonyl (C=O) groups excluding carboxylic acids is 6. The number of carbonyl (C=O) groups is 6. The van der Waals surface area contributed by atoms with Crippen LogP contribution < -0.4 is 21.7 Å². The smallest absolute Gasteiger partial charge is 0.339 e. The number of nitrogens with zero attached hydrogens (tertiary/aromatic N) is 4. The van der Waals surface area contributed by atoms with Crippen LogP contribution in [0, 0.1) is 34.4 Å². The van der Waals surface area contributed by atoms with Gasteiger partial charge in [-0.3, -0.25) is 24.0 Å². The largest absolute Gasteiger partial charge is 0.446 e. The summed E-state index contributed by atoms with van der Waals surface area (Å²) in [5.74, 6) is -8.29. The number of aliphatic hydroxyl groups excluding tert-OH is 1. The summed E-state index contributed by atoms with van der Waals surface area (Å²) in [5.41, 5.74) is -2.45. The Bertz CT molecular complexity index is 3470. The Kier molecular flexibility index (Phi) is 17.8. The van der Waals surface area contributed by atoms with E-state index in [4.69, 9.17) is 10.5 Å². The van der Waals surface area contributed by atoms with E-state index in [0.29, 0.717) is 6.42 Å². The number of allylic oxidation sites excluding steroid dienone is 4. The molecule has 0 spiro atoms. The minimum Gasteiger partial charge on any atom is -0.446 e. The van der Waals surface area contributed by atoms with Gasteiger partial charge in [0.05, 0.1) is 17.4 Å². The summed E-state index contributed by atoms with van der Waals surface area (Å²) in [4.78, 5) is 99.5. The molecule has 2 aromatic carbocycles. The summed E-state index contributed by atoms with van der Waals surface area (Å²) in [7, 11) is -7.59. The topological polar surface area (TPSA) is 314 Å². The molecule has 2 aromatic heterocycles. The number of thioether (sulfide) groups is 1. The van der Waals surface area contributed by atoms with Gasteiger partial charge in [-0.1, -0.05) is 26.8 Å². The van der Waals surface area contributed by atoms with Gasteiger partial charge in [0.25, 0.3) is 5.91 Å². The molecule has 0 unspecified atom stereocenters. The van der Waals surface area contributed by atoms with Crippen LogP contribution in [0.25, 0.3) is 22.3 Å². The average Bonchev–Trinajstić information content (AvgIpc) is 3.83. The number of alkyl halides is 3. The SMILES string of the molecule is CC(C)[C@H](NC(=O)c1cc(-c2cnc(S(C)(=O)=O)nc2)cc(-c2cnc(S(C)(=O)=O)nc2)c1)C(=O)N[C@@H](CCCCN)C(=O)Nc1cc(C(=O)O[C@]2(C(=O)SCF)CC[C@H]3[C@@H]4C[C@H](F)C5=CC(=O)C=C[C@]5(C)[C@@]4(F)[C@@H](O)C[C@@]32C)ccc1F. The van der Waals surface area contributed by atoms with Gasteiger partial charge in [0.15, 0.2) is 17.1 Å². The molecule has 3 saturated carbocycles. The van der Waals surface area contributed by atoms with Gasteiger partial charge in [0.1, 0.15) is 30.1 Å². The molecular weight excluding hydrogens is 1150 g/mol. The lowest BCUT2D eigenvalue weighted by atomic mass is 9.44. The number of hydrogen-bond acceptors (Lipinski definition) is 18. The molecule has 20 nitrogen and oxygen atoms in total. The van der Waals surface area contributed by atoms with Crippen molar-refractivity contribution in [3.63, 3.8) is 0 Å². The number of unbranched alkanes of at least 4 members (excludes halogenated alkanes) is 1. The first-order valence-electron chi connectivity index (χ1n) is 26.5. The number of sulfone groups is 2. The number of ether oxygens (including phenoxy) is 1. The lowest BCUT2D eigenvalue weighted by Crippen LogP contribution is -2.70. The van der Waals surface area contributed by atoms with E-state index >= 15 is 13.2 Å². The molecule has 0 aliphatic heterocycles. The van der Waals surface area contributed by atoms with E-state index in [0.717, 1.165) is 42.9 Å². The molecule has 444 valence electrons. The number of nitrogens with one attached hydrogen (secondary N) is 3. The number of esters is 1. The molecule has 3 amide bonds. The highest BCUT2D eigenvalue weighted by Gasteiger charge is 2.76. The maximum Gasteiger partial charge on any atom is 0.339 e. The summed E-state index contributed by atoms with van der Waals surface area (Å²) >= 11 is 0.191. The van der Waals surface area contributed by atoms with Gasteiger partial charge in [-0.15, -0.1) is 0 Å². The molecule has 6 N–H and O–H groups in total. The fourth-order valence-electron chi connectivity index (χ4n) is 12.3. The number of aliphatic hydroxyl groups is 1. The lowest BCUT2D eigenvalue weighted by Gasteiger charge is -2.63. The van der Waals surface area contributed by atoms with Crippen LogP contribution in [0.3, 0.4) is 0 Å². The molecule has 4 aliphatic carbocycles. The van der Waals surface area contributed by atoms with Crippen molar-refractivity contribution in [2.45, 2.75) is 119 Å². The highest BCUT2D eigenvalue weighted by atomic mass is 32.2. The molecule has 10 atom stereocenters. The minimum atomic E-state index is -3.79. The number of rotatable bonds is 19. The number of fused-ring (bicyclic) bond motifs is 5. The van der Waals surface area contributed by atoms with Crippen molar-refractivity contribution in [2.24, 2.45) is 34.3 Å². The second-order valence-corrected chi connectivity index (χ2v) is 26.9. The molecule has 0 saturated heterocycles. The minimum absolute atomic E-state index is 0.0181. The van der Waals surface area contributed by atoms with Crippen molar-refractivity contribution in [3.05, 3.63) is 102 Å². The fourth-order valence-corrected chi connectivity index (χ4v) is 14.0. The zero-order chi connectivity index (χ0) is 60.8. The number of ketones is 1. The summed E-state index contributed by atoms with van der Waals surface area (Å²) in [6, 6.07) is 3.13. The number of aromatic nitrogens is 4. The Hall–Kier alpha value is -6.81. The zero-order valence-electron chi connectivity index (χ0n) is 46.0. The van der Waals surface area contributed by atoms with Crippen LogP contribution in [0.5, 0.6) is 0 Å². The van der Waals surface area contributed by atoms with Gasteiger partial charge in [-0.2, -0.15) is 0 Å². The third-order valence-electron chi connectivity index (χ3n) is 16.6. The molecule has 83 heavy (non-hydrogen) atoms. The van der Waals surface area contributed by atoms with E-state index in [-0.39, 0.29) is 77.4 Å². The second-order valence-electron chi connectivity index (χ2n) is 22.2. The summed E-state index contributed by atoms with van der Waals surface area (Å²) in [6.07, 6.45) is 5.74. The Morgan fingerprint density at radius 3 is 2.01 bits per heavy atom. The van der Waals surface area contributed by atoms with E-state index in [1.807, 2.05) is 0 Å². The first kappa shape index (κ1) is 62.2. The molecule has 2 heterocycles. The van der Waals surface area contributed by atoms with E-state index in [2.05, 4.69) is 35.9 Å². The maximum absolute atomic E-state index is 17.9. The predicted octanol–water partition coefficient (Wildman–Crippen LogP) is 5.95. The van der Waals surface area contributed by atoms with Crippen LogP contribution in [0.4, 0.5) is 23.2 Å². The quantitative estimate of drug-likeness (QED) is 0.0313. The number of hydrogen-bond donors (Lipinski definition) is 5. The van der Waals surface area contributed by atoms with Crippen LogP contribution in [0.2, 0.25) is 0 Å². The molecular formula is C56H62F4N8O12S3. The van der Waals surface area contributed by atoms with Crippen LogP contribution in [0.15, 0.2) is 95.3 Å². The molecule has 3 fully saturated rings. The van der Waals surface area contributed by atoms with Gasteiger partial charge < -0.3 is 31.5 Å². The van der Waals surface area contributed by atoms with E-state index in [9.17, 15) is 55.1 Å². The van der Waals surface area contributed by atoms with Gasteiger partial charge in [-0.05, 0) is 147 Å². The number of benzene rings is 2. The maximum atomic E-state index is 17.9. The molecule has 8 rings (SSSR count). The number of halogens is 4. The van der Waals surface area contributed by atoms with E-state index in [1.54, 1.807) is 19.9 Å². The molecule has 27 heteroatoms. The molecule has 4 aromatic rings. The van der Waals surface area contributed by atoms with Crippen molar-refractivity contribution in [1.82, 2.24) is 30.6 Å². The first-order valence-corrected chi connectivity index (χ1v) is 31.2. The predicted molar refractivity (Wildman–Crippen MR) is 296 cm³/mol. The third-order valence-corrected chi connectivity index (χ3v) is 19.0. The summed E-state index contributed by atoms with van der Waals surface area (Å²) < 4.78 is 119. The van der Waals surface area contributed by atoms with Crippen LogP contribution in [0.1, 0.15) is 93.4 Å². The highest BCUT2D eigenvalue weighted by molar-refractivity contribution is 8.13. The van der Waals surface area contributed by atoms with Gasteiger partial charge in [-0.25, -0.2) is 59.1 Å². The molecule has 0 radical (unpaired) electrons. The van der Waals surface area contributed by atoms with Gasteiger partial charge >= 0.3 is 5.97 Å². The average molecular weight is 1210 g/mol.